The van der Waals surface area contributed by atoms with E-state index in [4.69, 9.17) is 0 Å². The van der Waals surface area contributed by atoms with Crippen molar-refractivity contribution in [3.63, 3.8) is 0 Å². The second-order valence-electron chi connectivity index (χ2n) is 5.20. The van der Waals surface area contributed by atoms with Crippen LogP contribution in [-0.4, -0.2) is 29.7 Å². The monoisotopic (exact) mass is 259 g/mol. The summed E-state index contributed by atoms with van der Waals surface area (Å²) >= 11 is 0. The van der Waals surface area contributed by atoms with Crippen LogP contribution in [0.4, 0.5) is 0 Å². The van der Waals surface area contributed by atoms with Crippen LogP contribution in [0, 0.1) is 0 Å². The van der Waals surface area contributed by atoms with Gasteiger partial charge in [-0.2, -0.15) is 0 Å². The molecule has 0 heterocycles. The van der Waals surface area contributed by atoms with E-state index in [2.05, 4.69) is 6.92 Å². The third-order valence-corrected chi connectivity index (χ3v) is 4.01. The van der Waals surface area contributed by atoms with Crippen molar-refractivity contribution in [1.29, 1.82) is 0 Å². The van der Waals surface area contributed by atoms with Crippen LogP contribution in [-0.2, 0) is 11.2 Å². The Bertz CT molecular complexity index is 471. The van der Waals surface area contributed by atoms with Gasteiger partial charge in [-0.25, -0.2) is 0 Å². The lowest BCUT2D eigenvalue weighted by Gasteiger charge is -2.31. The van der Waals surface area contributed by atoms with Crippen LogP contribution in [0.1, 0.15) is 48.5 Å². The molecule has 1 aliphatic rings. The van der Waals surface area contributed by atoms with Crippen LogP contribution in [0.5, 0.6) is 0 Å². The fourth-order valence-electron chi connectivity index (χ4n) is 2.70. The van der Waals surface area contributed by atoms with Crippen molar-refractivity contribution >= 4 is 11.7 Å². The van der Waals surface area contributed by atoms with Gasteiger partial charge < -0.3 is 4.90 Å². The Labute approximate surface area is 114 Å². The normalized spacial score (nSPS) is 16.4. The first-order chi connectivity index (χ1) is 9.13. The quantitative estimate of drug-likeness (QED) is 0.837. The first-order valence-electron chi connectivity index (χ1n) is 7.00. The molecule has 3 nitrogen and oxygen atoms in total. The maximum Gasteiger partial charge on any atom is 0.254 e. The highest BCUT2D eigenvalue weighted by atomic mass is 16.2. The molecule has 0 spiro atoms. The number of ketones is 1. The second-order valence-corrected chi connectivity index (χ2v) is 5.20. The molecule has 1 aromatic rings. The van der Waals surface area contributed by atoms with Crippen LogP contribution in [0.15, 0.2) is 24.3 Å². The average molecular weight is 259 g/mol. The Balaban J connectivity index is 2.12. The lowest BCUT2D eigenvalue weighted by atomic mass is 9.92. The van der Waals surface area contributed by atoms with E-state index in [1.54, 1.807) is 0 Å². The van der Waals surface area contributed by atoms with Crippen molar-refractivity contribution in [2.45, 2.75) is 45.1 Å². The van der Waals surface area contributed by atoms with Gasteiger partial charge in [-0.3, -0.25) is 9.59 Å². The maximum atomic E-state index is 12.5. The van der Waals surface area contributed by atoms with Crippen LogP contribution in [0.25, 0.3) is 0 Å². The van der Waals surface area contributed by atoms with E-state index in [0.29, 0.717) is 18.6 Å². The zero-order valence-electron chi connectivity index (χ0n) is 11.7. The summed E-state index contributed by atoms with van der Waals surface area (Å²) in [6.45, 7) is 2.06. The first-order valence-corrected chi connectivity index (χ1v) is 7.00. The average Bonchev–Trinajstić information content (AvgIpc) is 2.46. The van der Waals surface area contributed by atoms with Gasteiger partial charge in [0.15, 0.2) is 0 Å². The number of aryl methyl sites for hydroxylation is 1. The number of hydrogen-bond acceptors (Lipinski definition) is 2. The Hall–Kier alpha value is -1.64. The fourth-order valence-corrected chi connectivity index (χ4v) is 2.70. The van der Waals surface area contributed by atoms with E-state index in [-0.39, 0.29) is 11.9 Å². The lowest BCUT2D eigenvalue weighted by molar-refractivity contribution is -0.121. The van der Waals surface area contributed by atoms with Gasteiger partial charge in [0.05, 0.1) is 0 Å². The summed E-state index contributed by atoms with van der Waals surface area (Å²) < 4.78 is 0. The molecular weight excluding hydrogens is 238 g/mol. The van der Waals surface area contributed by atoms with Gasteiger partial charge in [0.2, 0.25) is 0 Å². The summed E-state index contributed by atoms with van der Waals surface area (Å²) in [5, 5.41) is 0. The zero-order chi connectivity index (χ0) is 13.8. The van der Waals surface area contributed by atoms with E-state index < -0.39 is 0 Å². The molecule has 0 aromatic heterocycles. The summed E-state index contributed by atoms with van der Waals surface area (Å²) in [7, 11) is 1.86. The van der Waals surface area contributed by atoms with Gasteiger partial charge in [-0.1, -0.05) is 25.1 Å². The number of nitrogens with zero attached hydrogens (tertiary/aromatic N) is 1. The number of rotatable bonds is 3. The molecule has 0 radical (unpaired) electrons. The molecule has 1 amide bonds. The number of hydrogen-bond donors (Lipinski definition) is 0. The lowest BCUT2D eigenvalue weighted by Crippen LogP contribution is -2.39. The van der Waals surface area contributed by atoms with Gasteiger partial charge in [0, 0.05) is 31.5 Å². The van der Waals surface area contributed by atoms with Crippen molar-refractivity contribution in [2.75, 3.05) is 7.05 Å². The molecular formula is C16H21NO2. The molecule has 1 aromatic carbocycles. The smallest absolute Gasteiger partial charge is 0.254 e. The molecule has 3 heteroatoms. The third-order valence-electron chi connectivity index (χ3n) is 4.01. The van der Waals surface area contributed by atoms with Gasteiger partial charge in [0.1, 0.15) is 5.78 Å². The molecule has 0 aliphatic heterocycles. The third kappa shape index (κ3) is 3.03. The summed E-state index contributed by atoms with van der Waals surface area (Å²) in [5.41, 5.74) is 1.88. The van der Waals surface area contributed by atoms with E-state index in [9.17, 15) is 9.59 Å². The summed E-state index contributed by atoms with van der Waals surface area (Å²) in [4.78, 5) is 25.6. The van der Waals surface area contributed by atoms with Crippen molar-refractivity contribution in [1.82, 2.24) is 4.90 Å². The maximum absolute atomic E-state index is 12.5. The Morgan fingerprint density at radius 2 is 1.89 bits per heavy atom. The molecule has 0 saturated heterocycles. The molecule has 0 bridgehead atoms. The summed E-state index contributed by atoms with van der Waals surface area (Å²) in [6.07, 6.45) is 3.68. The van der Waals surface area contributed by atoms with Gasteiger partial charge in [-0.15, -0.1) is 0 Å². The molecule has 1 saturated carbocycles. The molecule has 19 heavy (non-hydrogen) atoms. The number of benzene rings is 1. The standard InChI is InChI=1S/C16H21NO2/c1-3-12-6-4-5-7-15(12)16(19)17(2)13-8-10-14(18)11-9-13/h4-7,13H,3,8-11H2,1-2H3. The number of carbonyl (C=O) groups is 2. The van der Waals surface area contributed by atoms with Gasteiger partial charge in [-0.05, 0) is 30.9 Å². The van der Waals surface area contributed by atoms with Gasteiger partial charge in [0.25, 0.3) is 5.91 Å². The van der Waals surface area contributed by atoms with Crippen molar-refractivity contribution in [2.24, 2.45) is 0 Å². The van der Waals surface area contributed by atoms with Crippen LogP contribution in [0.3, 0.4) is 0 Å². The molecule has 1 fully saturated rings. The minimum Gasteiger partial charge on any atom is -0.339 e. The highest BCUT2D eigenvalue weighted by Crippen LogP contribution is 2.22. The highest BCUT2D eigenvalue weighted by Gasteiger charge is 2.26. The van der Waals surface area contributed by atoms with Crippen LogP contribution < -0.4 is 0 Å². The van der Waals surface area contributed by atoms with E-state index in [1.807, 2.05) is 36.2 Å². The van der Waals surface area contributed by atoms with Crippen LogP contribution in [0.2, 0.25) is 0 Å². The first kappa shape index (κ1) is 13.8. The van der Waals surface area contributed by atoms with E-state index >= 15 is 0 Å². The fraction of sp³-hybridized carbons (Fsp3) is 0.500. The topological polar surface area (TPSA) is 37.4 Å². The molecule has 2 rings (SSSR count). The largest absolute Gasteiger partial charge is 0.339 e. The number of amides is 1. The molecule has 102 valence electrons. The van der Waals surface area contributed by atoms with E-state index in [0.717, 1.165) is 30.4 Å². The Kier molecular flexibility index (Phi) is 4.35. The van der Waals surface area contributed by atoms with Crippen molar-refractivity contribution < 1.29 is 9.59 Å². The summed E-state index contributed by atoms with van der Waals surface area (Å²) in [6, 6.07) is 7.98. The van der Waals surface area contributed by atoms with E-state index in [1.165, 1.54) is 0 Å². The molecule has 0 atom stereocenters. The zero-order valence-corrected chi connectivity index (χ0v) is 11.7. The predicted molar refractivity (Wildman–Crippen MR) is 75.2 cm³/mol. The number of Topliss-reactive ketones (excluding diaryl/α,β-unsaturated/α-hetero) is 1. The SMILES string of the molecule is CCc1ccccc1C(=O)N(C)C1CCC(=O)CC1. The minimum absolute atomic E-state index is 0.0804. The molecule has 0 unspecified atom stereocenters. The predicted octanol–water partition coefficient (Wildman–Crippen LogP) is 2.83. The Morgan fingerprint density at radius 3 is 2.53 bits per heavy atom. The molecule has 1 aliphatic carbocycles. The van der Waals surface area contributed by atoms with Crippen molar-refractivity contribution in [3.05, 3.63) is 35.4 Å². The second kappa shape index (κ2) is 6.00. The van der Waals surface area contributed by atoms with Gasteiger partial charge >= 0.3 is 0 Å². The minimum atomic E-state index is 0.0804. The Morgan fingerprint density at radius 1 is 1.26 bits per heavy atom. The number of carbonyl (C=O) groups excluding carboxylic acids is 2. The molecule has 0 N–H and O–H groups in total. The highest BCUT2D eigenvalue weighted by molar-refractivity contribution is 5.95. The van der Waals surface area contributed by atoms with Crippen LogP contribution >= 0.6 is 0 Å². The summed E-state index contributed by atoms with van der Waals surface area (Å²) in [5.74, 6) is 0.405. The van der Waals surface area contributed by atoms with Crippen molar-refractivity contribution in [3.8, 4) is 0 Å².